The molecule has 0 bridgehead atoms. The summed E-state index contributed by atoms with van der Waals surface area (Å²) in [5, 5.41) is 42.1. The van der Waals surface area contributed by atoms with Gasteiger partial charge in [-0.2, -0.15) is 9.59 Å². The van der Waals surface area contributed by atoms with Crippen molar-refractivity contribution in [3.63, 3.8) is 0 Å². The molecule has 5 aromatic carbocycles. The lowest BCUT2D eigenvalue weighted by molar-refractivity contribution is -0.384. The van der Waals surface area contributed by atoms with Crippen LogP contribution in [0.15, 0.2) is 168 Å². The van der Waals surface area contributed by atoms with E-state index in [-0.39, 0.29) is 125 Å². The molecule has 0 aliphatic heterocycles. The molecule has 0 radical (unpaired) electrons. The number of aryl methyl sites for hydroxylation is 4. The number of pyridine rings is 2. The molecular formula is C77H70N8O21. The third-order valence-electron chi connectivity index (χ3n) is 16.5. The quantitative estimate of drug-likeness (QED) is 0.00529. The number of carboxylic acid groups (broad SMARTS) is 1. The van der Waals surface area contributed by atoms with Crippen LogP contribution in [-0.4, -0.2) is 92.3 Å². The Morgan fingerprint density at radius 3 is 1.58 bits per heavy atom. The van der Waals surface area contributed by atoms with Gasteiger partial charge in [0.25, 0.3) is 17.5 Å². The van der Waals surface area contributed by atoms with E-state index < -0.39 is 40.6 Å². The zero-order valence-corrected chi connectivity index (χ0v) is 57.7. The number of Topliss-reactive ketones (excluding diaryl/α,β-unsaturated/α-hetero) is 2. The molecule has 2 fully saturated rings. The Bertz CT molecular complexity index is 5010. The van der Waals surface area contributed by atoms with Crippen LogP contribution in [0, 0.1) is 60.5 Å². The van der Waals surface area contributed by atoms with Crippen molar-refractivity contribution < 1.29 is 85.1 Å². The highest BCUT2D eigenvalue weighted by Crippen LogP contribution is 2.34. The van der Waals surface area contributed by atoms with Crippen LogP contribution >= 0.6 is 0 Å². The summed E-state index contributed by atoms with van der Waals surface area (Å²) in [6, 6.07) is 32.2. The maximum absolute atomic E-state index is 13.8. The number of nitro groups is 1. The van der Waals surface area contributed by atoms with Gasteiger partial charge in [0.05, 0.1) is 11.3 Å². The van der Waals surface area contributed by atoms with Crippen LogP contribution in [0.25, 0.3) is 34.4 Å². The number of carbonyl (C=O) groups excluding carboxylic acids is 8. The number of nitrogen functional groups attached to an aromatic ring is 1. The van der Waals surface area contributed by atoms with E-state index >= 15 is 0 Å². The number of ketones is 2. The normalized spacial score (nSPS) is 11.7. The van der Waals surface area contributed by atoms with Gasteiger partial charge >= 0.3 is 35.9 Å². The van der Waals surface area contributed by atoms with Crippen LogP contribution in [0.1, 0.15) is 152 Å². The molecule has 2 saturated carbocycles. The van der Waals surface area contributed by atoms with Gasteiger partial charge in [-0.1, -0.05) is 92.0 Å². The highest BCUT2D eigenvalue weighted by Gasteiger charge is 2.27. The first-order chi connectivity index (χ1) is 50.6. The Hall–Kier alpha value is -13.7. The van der Waals surface area contributed by atoms with Crippen molar-refractivity contribution in [3.05, 3.63) is 268 Å². The number of nitrogens with two attached hydrogens (primary N) is 1. The van der Waals surface area contributed by atoms with Crippen LogP contribution in [0.3, 0.4) is 0 Å². The summed E-state index contributed by atoms with van der Waals surface area (Å²) in [5.74, 6) is -3.14. The first-order valence-electron chi connectivity index (χ1n) is 32.6. The number of hydrogen-bond donors (Lipinski definition) is 6. The van der Waals surface area contributed by atoms with E-state index in [1.54, 1.807) is 72.9 Å². The molecule has 11 rings (SSSR count). The van der Waals surface area contributed by atoms with Gasteiger partial charge in [0.15, 0.2) is 53.5 Å². The van der Waals surface area contributed by atoms with E-state index in [2.05, 4.69) is 42.6 Å². The van der Waals surface area contributed by atoms with Gasteiger partial charge in [-0.25, -0.2) is 24.2 Å². The van der Waals surface area contributed by atoms with Crippen molar-refractivity contribution >= 4 is 77.0 Å². The average Bonchev–Trinajstić information content (AvgIpc) is 1.15. The van der Waals surface area contributed by atoms with Gasteiger partial charge in [-0.3, -0.25) is 44.5 Å². The monoisotopic (exact) mass is 1440 g/mol. The molecule has 0 saturated heterocycles. The Balaban J connectivity index is 0.000000212. The maximum Gasteiger partial charge on any atom is 0.519 e. The van der Waals surface area contributed by atoms with E-state index in [4.69, 9.17) is 49.2 Å². The second-order valence-corrected chi connectivity index (χ2v) is 24.2. The van der Waals surface area contributed by atoms with Crippen molar-refractivity contribution in [3.8, 4) is 28.0 Å². The third-order valence-corrected chi connectivity index (χ3v) is 16.5. The highest BCUT2D eigenvalue weighted by atomic mass is 16.7. The minimum absolute atomic E-state index is 0.00788. The molecule has 0 atom stereocenters. The summed E-state index contributed by atoms with van der Waals surface area (Å²) in [7, 11) is 0. The maximum atomic E-state index is 13.8. The fraction of sp³-hybridized carbons (Fsp3) is 0.221. The second kappa shape index (κ2) is 36.3. The van der Waals surface area contributed by atoms with Crippen molar-refractivity contribution in [2.24, 2.45) is 17.6 Å². The molecule has 2 aliphatic rings. The smallest absolute Gasteiger partial charge is 0.476 e. The van der Waals surface area contributed by atoms with Crippen molar-refractivity contribution in [2.75, 3.05) is 13.1 Å². The fourth-order valence-corrected chi connectivity index (χ4v) is 10.3. The molecule has 4 aromatic heterocycles. The number of nitrogens with one attached hydrogen (secondary N) is 4. The molecule has 106 heavy (non-hydrogen) atoms. The summed E-state index contributed by atoms with van der Waals surface area (Å²) in [4.78, 5) is 145. The van der Waals surface area contributed by atoms with E-state index in [0.717, 1.165) is 46.2 Å². The molecule has 7 N–H and O–H groups in total. The summed E-state index contributed by atoms with van der Waals surface area (Å²) in [6.07, 6.45) is 8.46. The van der Waals surface area contributed by atoms with Gasteiger partial charge in [0.2, 0.25) is 0 Å². The lowest BCUT2D eigenvalue weighted by Gasteiger charge is -2.15. The lowest BCUT2D eigenvalue weighted by Crippen LogP contribution is -2.27. The number of nitro benzene ring substituents is 1. The van der Waals surface area contributed by atoms with Crippen LogP contribution < -0.4 is 32.7 Å². The van der Waals surface area contributed by atoms with Gasteiger partial charge in [-0.15, -0.1) is 0 Å². The minimum atomic E-state index is -1.34. The number of rotatable bonds is 27. The molecular weight excluding hydrogens is 1370 g/mol. The molecule has 9 aromatic rings. The molecule has 0 spiro atoms. The second-order valence-electron chi connectivity index (χ2n) is 24.2. The zero-order chi connectivity index (χ0) is 76.9. The number of aromatic nitrogens is 2. The molecule has 29 nitrogen and oxygen atoms in total. The van der Waals surface area contributed by atoms with Gasteiger partial charge in [0, 0.05) is 77.8 Å². The van der Waals surface area contributed by atoms with Gasteiger partial charge < -0.3 is 58.8 Å². The van der Waals surface area contributed by atoms with Crippen molar-refractivity contribution in [2.45, 2.75) is 85.9 Å². The molecule has 0 unspecified atom stereocenters. The number of non-ortho nitro benzene ring substituents is 1. The summed E-state index contributed by atoms with van der Waals surface area (Å²) in [6.45, 7) is 15.0. The number of ether oxygens (including phenoxy) is 3. The van der Waals surface area contributed by atoms with Crippen molar-refractivity contribution in [1.29, 1.82) is 10.8 Å². The Kier molecular flexibility index (Phi) is 26.7. The Morgan fingerprint density at radius 2 is 1.13 bits per heavy atom. The number of amidine groups is 1. The van der Waals surface area contributed by atoms with Crippen LogP contribution in [0.5, 0.6) is 5.75 Å². The standard InChI is InChI=1S/C36H33N3O9.C28H28N4O2.C12H9NO8.CO2/c1-4-23-15-27(26(13-19(23)2)25-11-12-29(39-33(25)35(43)44)34(42)38-17-22-5-6-22)30(40)14-21-7-9-24(10-8-21)28(37)16-32(41)46-18-31-20(3)47-36(45)48-31;1-3-20-14-24(26(33)13-18-6-8-21(9-7-18)27(29)30)23(12-17(20)2)22-10-11-25(31-16-22)28(34)32-15-19-4-5-19;1-7-10(21-12(15)19-7)6-18-11(14)20-9-4-2-8(3-5-9)13(16)17;2-1-3/h4,7-13,15,22,37H,1,5-6,14,16-18H2,2-3H3,(H,38,42)(H,43,44);3,6-12,14,16,19H,1,4-5,13,15H2,2H3,(H3,29,30)(H,32,34);2-5H,6H2,1H3;. The van der Waals surface area contributed by atoms with E-state index in [1.807, 2.05) is 44.2 Å². The summed E-state index contributed by atoms with van der Waals surface area (Å²) >= 11 is 0. The summed E-state index contributed by atoms with van der Waals surface area (Å²) < 4.78 is 33.3. The number of aromatic carboxylic acids is 1. The number of carboxylic acids is 1. The van der Waals surface area contributed by atoms with E-state index in [0.29, 0.717) is 64.0 Å². The van der Waals surface area contributed by atoms with E-state index in [1.165, 1.54) is 63.1 Å². The lowest BCUT2D eigenvalue weighted by atomic mass is 9.89. The van der Waals surface area contributed by atoms with E-state index in [9.17, 15) is 58.4 Å². The predicted octanol–water partition coefficient (Wildman–Crippen LogP) is 11.5. The highest BCUT2D eigenvalue weighted by molar-refractivity contribution is 6.09. The topological polar surface area (TPSA) is 455 Å². The van der Waals surface area contributed by atoms with Crippen LogP contribution in [-0.2, 0) is 49.9 Å². The number of esters is 1. The molecule has 2 aliphatic carbocycles. The van der Waals surface area contributed by atoms with Gasteiger partial charge in [0.1, 0.15) is 23.0 Å². The Labute approximate surface area is 603 Å². The third kappa shape index (κ3) is 21.9. The molecule has 4 heterocycles. The number of benzene rings is 5. The predicted molar refractivity (Wildman–Crippen MR) is 380 cm³/mol. The SMILES string of the molecule is C=Cc1cc(C(=O)Cc2ccc(C(=N)CC(=O)OCc3oc(=O)oc3C)cc2)c(-c2ccc(C(=O)NCC3CC3)nc2C(=O)O)cc1C.C=Cc1cc(C(=O)Cc2ccc(C(=N)N)cc2)c(-c2ccc(C(=O)NCC3CC3)nc2)cc1C.Cc1oc(=O)oc1COC(=O)Oc1ccc([N+](=O)[O-])cc1.O=C=O. The molecule has 29 heteroatoms. The number of hydrogen-bond acceptors (Lipinski definition) is 24. The molecule has 544 valence electrons. The van der Waals surface area contributed by atoms with Crippen LogP contribution in [0.4, 0.5) is 10.5 Å². The number of carbonyl (C=O) groups is 7. The fourth-order valence-electron chi connectivity index (χ4n) is 10.3. The van der Waals surface area contributed by atoms with Gasteiger partial charge in [-0.05, 0) is 158 Å². The first kappa shape index (κ1) is 78.0. The number of amides is 2. The Morgan fingerprint density at radius 1 is 0.651 bits per heavy atom. The largest absolute Gasteiger partial charge is 0.519 e. The first-order valence-corrected chi connectivity index (χ1v) is 32.6. The van der Waals surface area contributed by atoms with Crippen molar-refractivity contribution in [1.82, 2.24) is 20.6 Å². The zero-order valence-electron chi connectivity index (χ0n) is 57.7. The average molecular weight is 1440 g/mol. The van der Waals surface area contributed by atoms with Crippen LogP contribution in [0.2, 0.25) is 0 Å². The summed E-state index contributed by atoms with van der Waals surface area (Å²) in [5.41, 5.74) is 14.2. The minimum Gasteiger partial charge on any atom is -0.476 e. The number of nitrogens with zero attached hydrogens (tertiary/aromatic N) is 3. The molecule has 2 amide bonds.